The van der Waals surface area contributed by atoms with Gasteiger partial charge >= 0.3 is 11.9 Å². The molecule has 3 aliphatic rings. The van der Waals surface area contributed by atoms with E-state index in [0.717, 1.165) is 31.3 Å². The van der Waals surface area contributed by atoms with E-state index in [1.807, 2.05) is 13.8 Å². The van der Waals surface area contributed by atoms with Gasteiger partial charge in [-0.05, 0) is 55.9 Å². The third-order valence-corrected chi connectivity index (χ3v) is 8.12. The SMILES string of the molecule is CCC(=O)OCC1=CCC2C(C)(C)CCCC2(C)C12CCC(C)(CC(=O)OC)O2. The molecule has 1 spiro atoms. The molecule has 0 aromatic carbocycles. The highest BCUT2D eigenvalue weighted by molar-refractivity contribution is 5.70. The predicted molar refractivity (Wildman–Crippen MR) is 111 cm³/mol. The van der Waals surface area contributed by atoms with E-state index in [1.165, 1.54) is 20.0 Å². The molecule has 1 saturated heterocycles. The maximum atomic E-state index is 12.1. The summed E-state index contributed by atoms with van der Waals surface area (Å²) in [5.74, 6) is 0.0662. The summed E-state index contributed by atoms with van der Waals surface area (Å²) >= 11 is 0. The molecule has 3 rings (SSSR count). The van der Waals surface area contributed by atoms with Gasteiger partial charge in [0.05, 0.1) is 24.7 Å². The molecule has 2 aliphatic carbocycles. The number of ether oxygens (including phenoxy) is 3. The van der Waals surface area contributed by atoms with E-state index in [2.05, 4.69) is 26.8 Å². The van der Waals surface area contributed by atoms with Crippen LogP contribution in [0.25, 0.3) is 0 Å². The highest BCUT2D eigenvalue weighted by Crippen LogP contribution is 2.66. The maximum Gasteiger partial charge on any atom is 0.308 e. The Hall–Kier alpha value is -1.36. The van der Waals surface area contributed by atoms with Crippen LogP contribution in [-0.2, 0) is 23.8 Å². The second-order valence-corrected chi connectivity index (χ2v) is 10.4. The Morgan fingerprint density at radius 2 is 1.83 bits per heavy atom. The summed E-state index contributed by atoms with van der Waals surface area (Å²) in [5, 5.41) is 0. The first kappa shape index (κ1) is 22.3. The van der Waals surface area contributed by atoms with Crippen molar-refractivity contribution in [3.8, 4) is 0 Å². The summed E-state index contributed by atoms with van der Waals surface area (Å²) in [6.07, 6.45) is 8.99. The van der Waals surface area contributed by atoms with E-state index in [4.69, 9.17) is 14.2 Å². The van der Waals surface area contributed by atoms with Crippen molar-refractivity contribution in [3.05, 3.63) is 11.6 Å². The highest BCUT2D eigenvalue weighted by Gasteiger charge is 2.65. The Balaban J connectivity index is 2.00. The molecule has 4 atom stereocenters. The quantitative estimate of drug-likeness (QED) is 0.476. The summed E-state index contributed by atoms with van der Waals surface area (Å²) in [5.41, 5.74) is 0.208. The lowest BCUT2D eigenvalue weighted by atomic mass is 9.46. The maximum absolute atomic E-state index is 12.1. The highest BCUT2D eigenvalue weighted by atomic mass is 16.6. The monoisotopic (exact) mass is 406 g/mol. The Bertz CT molecular complexity index is 695. The number of allylic oxidation sites excluding steroid dienone is 1. The summed E-state index contributed by atoms with van der Waals surface area (Å²) in [4.78, 5) is 23.9. The standard InChI is InChI=1S/C24H38O5/c1-7-19(25)28-16-17-9-10-18-21(2,3)11-8-12-23(18,5)24(17)14-13-22(4,29-24)15-20(26)27-6/h9,18H,7-8,10-16H2,1-6H3. The molecule has 0 N–H and O–H groups in total. The largest absolute Gasteiger partial charge is 0.469 e. The van der Waals surface area contributed by atoms with Crippen LogP contribution in [0.1, 0.15) is 86.0 Å². The van der Waals surface area contributed by atoms with E-state index in [9.17, 15) is 9.59 Å². The molecular formula is C24H38O5. The van der Waals surface area contributed by atoms with E-state index < -0.39 is 11.2 Å². The summed E-state index contributed by atoms with van der Waals surface area (Å²) in [6.45, 7) is 11.2. The molecule has 0 amide bonds. The van der Waals surface area contributed by atoms with Crippen molar-refractivity contribution in [2.24, 2.45) is 16.7 Å². The van der Waals surface area contributed by atoms with Crippen molar-refractivity contribution >= 4 is 11.9 Å². The van der Waals surface area contributed by atoms with Crippen LogP contribution < -0.4 is 0 Å². The fourth-order valence-corrected chi connectivity index (χ4v) is 6.51. The number of carbonyl (C=O) groups is 2. The molecule has 0 aromatic rings. The van der Waals surface area contributed by atoms with Gasteiger partial charge in [-0.3, -0.25) is 9.59 Å². The van der Waals surface area contributed by atoms with Crippen molar-refractivity contribution in [1.82, 2.24) is 0 Å². The predicted octanol–water partition coefficient (Wildman–Crippen LogP) is 4.97. The van der Waals surface area contributed by atoms with Crippen LogP contribution in [-0.4, -0.2) is 36.9 Å². The molecule has 5 heteroatoms. The van der Waals surface area contributed by atoms with Crippen LogP contribution in [0.2, 0.25) is 0 Å². The molecule has 5 nitrogen and oxygen atoms in total. The lowest BCUT2D eigenvalue weighted by molar-refractivity contribution is -0.196. The molecule has 1 aliphatic heterocycles. The van der Waals surface area contributed by atoms with Gasteiger partial charge in [0.2, 0.25) is 0 Å². The summed E-state index contributed by atoms with van der Waals surface area (Å²) < 4.78 is 17.5. The van der Waals surface area contributed by atoms with Crippen molar-refractivity contribution < 1.29 is 23.8 Å². The summed E-state index contributed by atoms with van der Waals surface area (Å²) in [6, 6.07) is 0. The van der Waals surface area contributed by atoms with Gasteiger partial charge in [-0.15, -0.1) is 0 Å². The van der Waals surface area contributed by atoms with Crippen molar-refractivity contribution in [2.75, 3.05) is 13.7 Å². The minimum Gasteiger partial charge on any atom is -0.469 e. The minimum atomic E-state index is -0.562. The molecule has 0 radical (unpaired) electrons. The van der Waals surface area contributed by atoms with Crippen LogP contribution in [0.3, 0.4) is 0 Å². The lowest BCUT2D eigenvalue weighted by Gasteiger charge is -2.61. The third-order valence-electron chi connectivity index (χ3n) is 8.12. The molecule has 164 valence electrons. The molecule has 2 fully saturated rings. The zero-order chi connectivity index (χ0) is 21.5. The number of carbonyl (C=O) groups excluding carboxylic acids is 2. The Morgan fingerprint density at radius 3 is 2.48 bits per heavy atom. The normalized spacial score (nSPS) is 38.3. The second-order valence-electron chi connectivity index (χ2n) is 10.4. The van der Waals surface area contributed by atoms with Gasteiger partial charge < -0.3 is 14.2 Å². The van der Waals surface area contributed by atoms with Gasteiger partial charge in [0, 0.05) is 11.8 Å². The van der Waals surface area contributed by atoms with Gasteiger partial charge in [0.1, 0.15) is 6.61 Å². The lowest BCUT2D eigenvalue weighted by Crippen LogP contribution is -2.60. The van der Waals surface area contributed by atoms with Gasteiger partial charge in [-0.1, -0.05) is 40.2 Å². The number of esters is 2. The zero-order valence-corrected chi connectivity index (χ0v) is 19.1. The second kappa shape index (κ2) is 7.72. The average molecular weight is 407 g/mol. The van der Waals surface area contributed by atoms with Crippen LogP contribution in [0, 0.1) is 16.7 Å². The first-order chi connectivity index (χ1) is 13.5. The van der Waals surface area contributed by atoms with Crippen LogP contribution in [0.15, 0.2) is 11.6 Å². The van der Waals surface area contributed by atoms with E-state index in [-0.39, 0.29) is 35.8 Å². The topological polar surface area (TPSA) is 61.8 Å². The number of rotatable bonds is 5. The molecule has 0 aromatic heterocycles. The molecular weight excluding hydrogens is 368 g/mol. The smallest absolute Gasteiger partial charge is 0.308 e. The molecule has 0 bridgehead atoms. The van der Waals surface area contributed by atoms with Gasteiger partial charge in [0.25, 0.3) is 0 Å². The van der Waals surface area contributed by atoms with Crippen molar-refractivity contribution in [2.45, 2.75) is 97.2 Å². The number of hydrogen-bond acceptors (Lipinski definition) is 5. The van der Waals surface area contributed by atoms with Gasteiger partial charge in [-0.25, -0.2) is 0 Å². The molecule has 29 heavy (non-hydrogen) atoms. The van der Waals surface area contributed by atoms with E-state index >= 15 is 0 Å². The number of hydrogen-bond donors (Lipinski definition) is 0. The van der Waals surface area contributed by atoms with Crippen molar-refractivity contribution in [1.29, 1.82) is 0 Å². The zero-order valence-electron chi connectivity index (χ0n) is 19.1. The van der Waals surface area contributed by atoms with Crippen LogP contribution >= 0.6 is 0 Å². The average Bonchev–Trinajstić information content (AvgIpc) is 3.00. The molecule has 4 unspecified atom stereocenters. The summed E-state index contributed by atoms with van der Waals surface area (Å²) in [7, 11) is 1.42. The van der Waals surface area contributed by atoms with Crippen molar-refractivity contribution in [3.63, 3.8) is 0 Å². The van der Waals surface area contributed by atoms with Gasteiger partial charge in [-0.2, -0.15) is 0 Å². The minimum absolute atomic E-state index is 0.0503. The Kier molecular flexibility index (Phi) is 5.94. The Labute approximate surface area is 175 Å². The third kappa shape index (κ3) is 3.75. The van der Waals surface area contributed by atoms with Crippen LogP contribution in [0.5, 0.6) is 0 Å². The van der Waals surface area contributed by atoms with Gasteiger partial charge in [0.15, 0.2) is 0 Å². The van der Waals surface area contributed by atoms with Crippen LogP contribution in [0.4, 0.5) is 0 Å². The number of methoxy groups -OCH3 is 1. The molecule has 1 heterocycles. The Morgan fingerprint density at radius 1 is 1.10 bits per heavy atom. The van der Waals surface area contributed by atoms with E-state index in [1.54, 1.807) is 0 Å². The fraction of sp³-hybridized carbons (Fsp3) is 0.833. The first-order valence-corrected chi connectivity index (χ1v) is 11.1. The fourth-order valence-electron chi connectivity index (χ4n) is 6.51. The first-order valence-electron chi connectivity index (χ1n) is 11.1. The van der Waals surface area contributed by atoms with E-state index in [0.29, 0.717) is 12.3 Å². The number of fused-ring (bicyclic) bond motifs is 2. The molecule has 1 saturated carbocycles.